The van der Waals surface area contributed by atoms with Crippen LogP contribution in [0.3, 0.4) is 0 Å². The van der Waals surface area contributed by atoms with Gasteiger partial charge in [0, 0.05) is 0 Å². The van der Waals surface area contributed by atoms with Gasteiger partial charge < -0.3 is 0 Å². The van der Waals surface area contributed by atoms with E-state index in [9.17, 15) is 0 Å². The van der Waals surface area contributed by atoms with Crippen LogP contribution in [0.2, 0.25) is 0 Å². The van der Waals surface area contributed by atoms with E-state index >= 15 is 0 Å². The van der Waals surface area contributed by atoms with E-state index in [0.29, 0.717) is 0 Å². The summed E-state index contributed by atoms with van der Waals surface area (Å²) in [5.41, 5.74) is 0. The van der Waals surface area contributed by atoms with Crippen LogP contribution in [0.15, 0.2) is 0 Å². The van der Waals surface area contributed by atoms with Crippen LogP contribution in [-0.2, 0) is 0 Å². The van der Waals surface area contributed by atoms with Crippen LogP contribution < -0.4 is 0 Å². The van der Waals surface area contributed by atoms with Gasteiger partial charge in [-0.2, -0.15) is 0 Å². The van der Waals surface area contributed by atoms with Crippen molar-refractivity contribution in [1.82, 2.24) is 0 Å². The van der Waals surface area contributed by atoms with E-state index in [4.69, 9.17) is 0 Å². The first-order valence-electron chi connectivity index (χ1n) is 8.24. The first kappa shape index (κ1) is 15.1. The Morgan fingerprint density at radius 1 is 0.824 bits per heavy atom. The van der Waals surface area contributed by atoms with Crippen molar-refractivity contribution in [1.29, 1.82) is 0 Å². The molecule has 0 N–H and O–H groups in total. The third-order valence-electron chi connectivity index (χ3n) is 5.21. The van der Waals surface area contributed by atoms with Gasteiger partial charge in [0.15, 0.2) is 0 Å². The van der Waals surface area contributed by atoms with Crippen LogP contribution in [0, 0.1) is 23.7 Å². The van der Waals surface area contributed by atoms with Crippen molar-refractivity contribution in [3.63, 3.8) is 0 Å². The fourth-order valence-corrected chi connectivity index (χ4v) is 4.10. The molecule has 17 heavy (non-hydrogen) atoms. The van der Waals surface area contributed by atoms with E-state index in [2.05, 4.69) is 27.7 Å². The maximum Gasteiger partial charge on any atom is -0.0360 e. The molecule has 0 spiro atoms. The summed E-state index contributed by atoms with van der Waals surface area (Å²) in [6.07, 6.45) is 13.1. The number of rotatable bonds is 8. The second-order valence-corrected chi connectivity index (χ2v) is 6.33. The van der Waals surface area contributed by atoms with E-state index in [0.717, 1.165) is 23.7 Å². The van der Waals surface area contributed by atoms with Crippen LogP contribution in [-0.4, -0.2) is 0 Å². The molecule has 0 radical (unpaired) electrons. The molecule has 0 heterocycles. The number of unbranched alkanes of at least 4 members (excludes halogenated alkanes) is 3. The molecule has 1 aliphatic rings. The highest BCUT2D eigenvalue weighted by Gasteiger charge is 2.38. The van der Waals surface area contributed by atoms with Crippen molar-refractivity contribution in [2.24, 2.45) is 23.7 Å². The Morgan fingerprint density at radius 2 is 1.47 bits per heavy atom. The summed E-state index contributed by atoms with van der Waals surface area (Å²) < 4.78 is 0. The van der Waals surface area contributed by atoms with Crippen molar-refractivity contribution in [2.75, 3.05) is 0 Å². The van der Waals surface area contributed by atoms with E-state index in [1.54, 1.807) is 6.42 Å². The third kappa shape index (κ3) is 4.30. The van der Waals surface area contributed by atoms with Crippen molar-refractivity contribution < 1.29 is 0 Å². The van der Waals surface area contributed by atoms with Gasteiger partial charge in [0.05, 0.1) is 0 Å². The quantitative estimate of drug-likeness (QED) is 0.451. The molecule has 0 heteroatoms. The van der Waals surface area contributed by atoms with Crippen LogP contribution in [0.1, 0.15) is 85.5 Å². The summed E-state index contributed by atoms with van der Waals surface area (Å²) in [5.74, 6) is 4.14. The van der Waals surface area contributed by atoms with E-state index < -0.39 is 0 Å². The zero-order chi connectivity index (χ0) is 12.7. The average molecular weight is 238 g/mol. The van der Waals surface area contributed by atoms with Gasteiger partial charge in [0.25, 0.3) is 0 Å². The van der Waals surface area contributed by atoms with Crippen LogP contribution in [0.5, 0.6) is 0 Å². The van der Waals surface area contributed by atoms with Gasteiger partial charge in [-0.1, -0.05) is 79.1 Å². The fourth-order valence-electron chi connectivity index (χ4n) is 4.10. The summed E-state index contributed by atoms with van der Waals surface area (Å²) >= 11 is 0. The lowest BCUT2D eigenvalue weighted by atomic mass is 9.83. The van der Waals surface area contributed by atoms with Gasteiger partial charge in [-0.3, -0.25) is 0 Å². The summed E-state index contributed by atoms with van der Waals surface area (Å²) in [6.45, 7) is 9.60. The molecule has 1 aliphatic carbocycles. The fraction of sp³-hybridized carbons (Fsp3) is 1.00. The minimum absolute atomic E-state index is 0.999. The monoisotopic (exact) mass is 238 g/mol. The van der Waals surface area contributed by atoms with Gasteiger partial charge in [-0.15, -0.1) is 0 Å². The Hall–Kier alpha value is 0. The van der Waals surface area contributed by atoms with Gasteiger partial charge in [0.2, 0.25) is 0 Å². The zero-order valence-corrected chi connectivity index (χ0v) is 12.7. The molecule has 0 aliphatic heterocycles. The molecule has 1 saturated carbocycles. The summed E-state index contributed by atoms with van der Waals surface area (Å²) in [4.78, 5) is 0. The standard InChI is InChI=1S/C17H34/c1-5-8-10-12-15-13-16(11-9-6-2)17(7-3)14(15)4/h14-17H,5-13H2,1-4H3. The minimum atomic E-state index is 0.999. The predicted octanol–water partition coefficient (Wildman–Crippen LogP) is 6.06. The molecule has 4 atom stereocenters. The van der Waals surface area contributed by atoms with E-state index in [1.165, 1.54) is 51.4 Å². The van der Waals surface area contributed by atoms with Crippen molar-refractivity contribution in [2.45, 2.75) is 85.5 Å². The van der Waals surface area contributed by atoms with Crippen LogP contribution in [0.25, 0.3) is 0 Å². The largest absolute Gasteiger partial charge is 0.0654 e. The summed E-state index contributed by atoms with van der Waals surface area (Å²) in [5, 5.41) is 0. The molecule has 0 amide bonds. The molecule has 0 saturated heterocycles. The maximum absolute atomic E-state index is 2.54. The molecule has 1 fully saturated rings. The highest BCUT2D eigenvalue weighted by Crippen LogP contribution is 2.47. The molecular formula is C17H34. The van der Waals surface area contributed by atoms with E-state index in [-0.39, 0.29) is 0 Å². The van der Waals surface area contributed by atoms with Gasteiger partial charge in [-0.25, -0.2) is 0 Å². The molecule has 0 aromatic rings. The normalized spacial score (nSPS) is 33.2. The lowest BCUT2D eigenvalue weighted by Gasteiger charge is -2.22. The summed E-state index contributed by atoms with van der Waals surface area (Å²) in [6, 6.07) is 0. The van der Waals surface area contributed by atoms with Crippen LogP contribution in [0.4, 0.5) is 0 Å². The highest BCUT2D eigenvalue weighted by molar-refractivity contribution is 4.87. The maximum atomic E-state index is 2.54. The second-order valence-electron chi connectivity index (χ2n) is 6.33. The molecule has 0 bridgehead atoms. The SMILES string of the molecule is CCCCCC1CC(CCCC)C(CC)C1C. The molecule has 0 aromatic heterocycles. The smallest absolute Gasteiger partial charge is 0.0360 e. The van der Waals surface area contributed by atoms with Crippen molar-refractivity contribution >= 4 is 0 Å². The zero-order valence-electron chi connectivity index (χ0n) is 12.7. The number of hydrogen-bond donors (Lipinski definition) is 0. The third-order valence-corrected chi connectivity index (χ3v) is 5.21. The lowest BCUT2D eigenvalue weighted by Crippen LogP contribution is -2.14. The van der Waals surface area contributed by atoms with E-state index in [1.807, 2.05) is 0 Å². The Bertz CT molecular complexity index is 184. The molecule has 0 aromatic carbocycles. The number of hydrogen-bond acceptors (Lipinski definition) is 0. The topological polar surface area (TPSA) is 0 Å². The average Bonchev–Trinajstić information content (AvgIpc) is 2.63. The highest BCUT2D eigenvalue weighted by atomic mass is 14.4. The van der Waals surface area contributed by atoms with Gasteiger partial charge >= 0.3 is 0 Å². The molecule has 102 valence electrons. The Kier molecular flexibility index (Phi) is 7.23. The minimum Gasteiger partial charge on any atom is -0.0654 e. The Labute approximate surface area is 110 Å². The molecular weight excluding hydrogens is 204 g/mol. The molecule has 1 rings (SSSR count). The predicted molar refractivity (Wildman–Crippen MR) is 78.2 cm³/mol. The Balaban J connectivity index is 2.41. The van der Waals surface area contributed by atoms with Gasteiger partial charge in [0.1, 0.15) is 0 Å². The van der Waals surface area contributed by atoms with Gasteiger partial charge in [-0.05, 0) is 30.1 Å². The van der Waals surface area contributed by atoms with Crippen molar-refractivity contribution in [3.05, 3.63) is 0 Å². The van der Waals surface area contributed by atoms with Crippen LogP contribution >= 0.6 is 0 Å². The first-order valence-corrected chi connectivity index (χ1v) is 8.24. The van der Waals surface area contributed by atoms with Crippen molar-refractivity contribution in [3.8, 4) is 0 Å². The first-order chi connectivity index (χ1) is 8.24. The molecule has 4 unspecified atom stereocenters. The second kappa shape index (κ2) is 8.16. The Morgan fingerprint density at radius 3 is 2.06 bits per heavy atom. The lowest BCUT2D eigenvalue weighted by molar-refractivity contribution is 0.277. The molecule has 0 nitrogen and oxygen atoms in total. The summed E-state index contributed by atoms with van der Waals surface area (Å²) in [7, 11) is 0.